The Morgan fingerprint density at radius 1 is 1.42 bits per heavy atom. The molecule has 2 rings (SSSR count). The maximum absolute atomic E-state index is 12.9. The average molecular weight is 380 g/mol. The van der Waals surface area contributed by atoms with Crippen molar-refractivity contribution in [2.75, 3.05) is 37.4 Å². The van der Waals surface area contributed by atoms with Crippen LogP contribution in [0.4, 0.5) is 5.69 Å². The normalized spacial score (nSPS) is 14.3. The summed E-state index contributed by atoms with van der Waals surface area (Å²) in [5.74, 6) is -1.59. The molecule has 142 valence electrons. The van der Waals surface area contributed by atoms with Crippen LogP contribution in [0.15, 0.2) is 23.1 Å². The van der Waals surface area contributed by atoms with E-state index >= 15 is 0 Å². The van der Waals surface area contributed by atoms with Crippen LogP contribution < -0.4 is 5.32 Å². The van der Waals surface area contributed by atoms with Crippen molar-refractivity contribution in [2.45, 2.75) is 25.2 Å². The highest BCUT2D eigenvalue weighted by molar-refractivity contribution is 8.00. The lowest BCUT2D eigenvalue weighted by Gasteiger charge is -2.25. The summed E-state index contributed by atoms with van der Waals surface area (Å²) in [7, 11) is 0. The molecule has 1 atom stereocenters. The Bertz CT molecular complexity index is 680. The molecule has 26 heavy (non-hydrogen) atoms. The Hall–Kier alpha value is -2.06. The number of benzene rings is 1. The van der Waals surface area contributed by atoms with E-state index in [0.717, 1.165) is 4.90 Å². The fourth-order valence-electron chi connectivity index (χ4n) is 2.58. The third kappa shape index (κ3) is 5.47. The molecule has 0 fully saturated rings. The van der Waals surface area contributed by atoms with Crippen molar-refractivity contribution in [3.63, 3.8) is 0 Å². The van der Waals surface area contributed by atoms with E-state index in [0.29, 0.717) is 43.2 Å². The first-order chi connectivity index (χ1) is 12.4. The van der Waals surface area contributed by atoms with Crippen molar-refractivity contribution >= 4 is 35.2 Å². The van der Waals surface area contributed by atoms with E-state index in [1.807, 2.05) is 13.0 Å². The number of thioether (sulfide) groups is 1. The molecule has 0 spiro atoms. The Morgan fingerprint density at radius 3 is 2.88 bits per heavy atom. The number of ether oxygens (including phenoxy) is 1. The molecule has 1 aromatic carbocycles. The fourth-order valence-corrected chi connectivity index (χ4v) is 3.37. The van der Waals surface area contributed by atoms with E-state index in [-0.39, 0.29) is 18.4 Å². The van der Waals surface area contributed by atoms with Crippen LogP contribution in [-0.2, 0) is 14.3 Å². The van der Waals surface area contributed by atoms with E-state index in [9.17, 15) is 14.4 Å². The zero-order valence-corrected chi connectivity index (χ0v) is 15.8. The van der Waals surface area contributed by atoms with Crippen molar-refractivity contribution in [1.29, 1.82) is 0 Å². The van der Waals surface area contributed by atoms with Crippen LogP contribution >= 0.6 is 11.8 Å². The number of carbonyl (C=O) groups is 3. The van der Waals surface area contributed by atoms with Crippen molar-refractivity contribution in [1.82, 2.24) is 4.90 Å². The van der Waals surface area contributed by atoms with Gasteiger partial charge in [-0.05, 0) is 31.5 Å². The van der Waals surface area contributed by atoms with E-state index in [1.165, 1.54) is 16.7 Å². The lowest BCUT2D eigenvalue weighted by Crippen LogP contribution is -2.38. The number of anilines is 1. The molecule has 1 aliphatic heterocycles. The van der Waals surface area contributed by atoms with Gasteiger partial charge in [-0.3, -0.25) is 14.4 Å². The maximum atomic E-state index is 12.9. The Morgan fingerprint density at radius 2 is 2.19 bits per heavy atom. The molecule has 0 bridgehead atoms. The number of rotatable bonds is 9. The highest BCUT2D eigenvalue weighted by Crippen LogP contribution is 2.32. The maximum Gasteiger partial charge on any atom is 0.308 e. The highest BCUT2D eigenvalue weighted by atomic mass is 32.2. The minimum Gasteiger partial charge on any atom is -0.481 e. The first kappa shape index (κ1) is 20.3. The number of carboxylic acids is 1. The second kappa shape index (κ2) is 9.59. The zero-order valence-electron chi connectivity index (χ0n) is 15.0. The molecule has 0 saturated carbocycles. The van der Waals surface area contributed by atoms with Crippen LogP contribution in [0.2, 0.25) is 0 Å². The Balaban J connectivity index is 2.14. The van der Waals surface area contributed by atoms with Crippen molar-refractivity contribution < 1.29 is 24.2 Å². The van der Waals surface area contributed by atoms with Crippen LogP contribution in [0, 0.1) is 5.92 Å². The van der Waals surface area contributed by atoms with Gasteiger partial charge in [0, 0.05) is 36.8 Å². The monoisotopic (exact) mass is 380 g/mol. The summed E-state index contributed by atoms with van der Waals surface area (Å²) in [5.41, 5.74) is 1.05. The molecule has 1 aliphatic rings. The zero-order chi connectivity index (χ0) is 19.1. The molecular formula is C18H24N2O5S. The van der Waals surface area contributed by atoms with Gasteiger partial charge in [0.05, 0.1) is 17.4 Å². The van der Waals surface area contributed by atoms with Crippen molar-refractivity contribution in [3.05, 3.63) is 23.8 Å². The number of fused-ring (bicyclic) bond motifs is 1. The van der Waals surface area contributed by atoms with Gasteiger partial charge in [0.1, 0.15) is 0 Å². The quantitative estimate of drug-likeness (QED) is 0.638. The number of nitrogens with one attached hydrogen (secondary N) is 1. The first-order valence-electron chi connectivity index (χ1n) is 8.59. The van der Waals surface area contributed by atoms with Gasteiger partial charge in [0.15, 0.2) is 0 Å². The summed E-state index contributed by atoms with van der Waals surface area (Å²) in [5, 5.41) is 11.9. The predicted octanol–water partition coefficient (Wildman–Crippen LogP) is 2.32. The molecule has 0 aliphatic carbocycles. The van der Waals surface area contributed by atoms with Gasteiger partial charge in [-0.1, -0.05) is 6.92 Å². The Labute approximate surface area is 157 Å². The van der Waals surface area contributed by atoms with Gasteiger partial charge >= 0.3 is 5.97 Å². The second-order valence-corrected chi connectivity index (χ2v) is 7.11. The smallest absolute Gasteiger partial charge is 0.308 e. The largest absolute Gasteiger partial charge is 0.481 e. The number of aliphatic carboxylic acids is 1. The summed E-state index contributed by atoms with van der Waals surface area (Å²) in [4.78, 5) is 38.1. The van der Waals surface area contributed by atoms with E-state index in [4.69, 9.17) is 9.84 Å². The molecule has 2 amide bonds. The fraction of sp³-hybridized carbons (Fsp3) is 0.500. The van der Waals surface area contributed by atoms with Crippen LogP contribution in [0.25, 0.3) is 0 Å². The topological polar surface area (TPSA) is 95.9 Å². The van der Waals surface area contributed by atoms with Crippen LogP contribution in [0.1, 0.15) is 30.6 Å². The number of carboxylic acid groups (broad SMARTS) is 1. The summed E-state index contributed by atoms with van der Waals surface area (Å²) in [6, 6.07) is 5.18. The molecule has 1 aromatic rings. The second-order valence-electron chi connectivity index (χ2n) is 6.09. The molecule has 1 heterocycles. The highest BCUT2D eigenvalue weighted by Gasteiger charge is 2.23. The van der Waals surface area contributed by atoms with Gasteiger partial charge < -0.3 is 20.1 Å². The molecule has 7 nitrogen and oxygen atoms in total. The third-order valence-electron chi connectivity index (χ3n) is 3.98. The van der Waals surface area contributed by atoms with Gasteiger partial charge in [-0.15, -0.1) is 11.8 Å². The van der Waals surface area contributed by atoms with Crippen molar-refractivity contribution in [3.8, 4) is 0 Å². The lowest BCUT2D eigenvalue weighted by atomic mass is 10.1. The minimum absolute atomic E-state index is 0.0971. The van der Waals surface area contributed by atoms with E-state index < -0.39 is 11.9 Å². The summed E-state index contributed by atoms with van der Waals surface area (Å²) in [6.07, 6.45) is 0.628. The molecule has 2 N–H and O–H groups in total. The average Bonchev–Trinajstić information content (AvgIpc) is 2.62. The number of hydrogen-bond acceptors (Lipinski definition) is 5. The number of hydrogen-bond donors (Lipinski definition) is 2. The van der Waals surface area contributed by atoms with Crippen LogP contribution in [0.5, 0.6) is 0 Å². The number of carbonyl (C=O) groups excluding carboxylic acids is 2. The Kier molecular flexibility index (Phi) is 7.47. The lowest BCUT2D eigenvalue weighted by molar-refractivity contribution is -0.141. The minimum atomic E-state index is -0.943. The SMILES string of the molecule is CCOCCCN(CC(C)C(=O)O)C(=O)c1ccc2c(c1)NC(=O)CS2. The number of nitrogens with zero attached hydrogens (tertiary/aromatic N) is 1. The molecule has 0 radical (unpaired) electrons. The van der Waals surface area contributed by atoms with Crippen molar-refractivity contribution in [2.24, 2.45) is 5.92 Å². The van der Waals surface area contributed by atoms with E-state index in [2.05, 4.69) is 5.32 Å². The first-order valence-corrected chi connectivity index (χ1v) is 9.57. The predicted molar refractivity (Wildman–Crippen MR) is 99.6 cm³/mol. The standard InChI is InChI=1S/C18H24N2O5S/c1-3-25-8-4-7-20(10-12(2)18(23)24)17(22)13-5-6-15-14(9-13)19-16(21)11-26-15/h5-6,9,12H,3-4,7-8,10-11H2,1-2H3,(H,19,21)(H,23,24). The molecular weight excluding hydrogens is 356 g/mol. The summed E-state index contributed by atoms with van der Waals surface area (Å²) < 4.78 is 5.30. The van der Waals surface area contributed by atoms with Crippen LogP contribution in [-0.4, -0.2) is 59.8 Å². The van der Waals surface area contributed by atoms with Crippen LogP contribution in [0.3, 0.4) is 0 Å². The summed E-state index contributed by atoms with van der Waals surface area (Å²) >= 11 is 1.43. The third-order valence-corrected chi connectivity index (χ3v) is 5.06. The number of amides is 2. The molecule has 1 unspecified atom stereocenters. The van der Waals surface area contributed by atoms with Gasteiger partial charge in [0.2, 0.25) is 5.91 Å². The van der Waals surface area contributed by atoms with Gasteiger partial charge in [-0.2, -0.15) is 0 Å². The molecule has 0 saturated heterocycles. The van der Waals surface area contributed by atoms with Gasteiger partial charge in [0.25, 0.3) is 5.91 Å². The molecule has 0 aromatic heterocycles. The van der Waals surface area contributed by atoms with E-state index in [1.54, 1.807) is 19.1 Å². The summed E-state index contributed by atoms with van der Waals surface area (Å²) in [6.45, 7) is 5.12. The van der Waals surface area contributed by atoms with Gasteiger partial charge in [-0.25, -0.2) is 0 Å². The molecule has 8 heteroatoms.